The molecule has 0 unspecified atom stereocenters. The minimum absolute atomic E-state index is 0.0263. The van der Waals surface area contributed by atoms with Crippen molar-refractivity contribution in [3.8, 4) is 0 Å². The lowest BCUT2D eigenvalue weighted by Crippen LogP contribution is -2.64. The number of hydrogen-bond acceptors (Lipinski definition) is 6. The summed E-state index contributed by atoms with van der Waals surface area (Å²) in [6.07, 6.45) is 0. The van der Waals surface area contributed by atoms with Gasteiger partial charge < -0.3 is 15.0 Å². The van der Waals surface area contributed by atoms with E-state index in [1.807, 2.05) is 0 Å². The highest BCUT2D eigenvalue weighted by Gasteiger charge is 2.67. The SMILES string of the molecule is CC(=O)OCOC(=O)[C@@H]1N2C(=O)C(=[N+]=[N-])[C@H]2SC1(C)C. The molecule has 0 aromatic carbocycles. The third kappa shape index (κ3) is 2.19. The number of carbonyl (C=O) groups excluding carboxylic acids is 3. The summed E-state index contributed by atoms with van der Waals surface area (Å²) in [7, 11) is 0. The molecule has 0 aromatic rings. The zero-order valence-electron chi connectivity index (χ0n) is 11.2. The first-order chi connectivity index (χ1) is 9.29. The number of ether oxygens (including phenoxy) is 2. The van der Waals surface area contributed by atoms with E-state index in [9.17, 15) is 14.4 Å². The molecule has 0 aromatic heterocycles. The number of amides is 1. The Labute approximate surface area is 119 Å². The third-order valence-electron chi connectivity index (χ3n) is 3.09. The molecular weight excluding hydrogens is 286 g/mol. The standard InChI is InChI=1S/C11H13N3O5S/c1-5(15)18-4-19-10(17)7-11(2,3)20-9-6(13-12)8(16)14(7)9/h7,9H,4H2,1-3H3/t7-,9+/m0/s1. The Hall–Kier alpha value is -1.86. The van der Waals surface area contributed by atoms with Crippen molar-refractivity contribution in [3.05, 3.63) is 5.53 Å². The zero-order valence-corrected chi connectivity index (χ0v) is 12.0. The summed E-state index contributed by atoms with van der Waals surface area (Å²) in [5.41, 5.74) is 8.78. The number of esters is 2. The second-order valence-corrected chi connectivity index (χ2v) is 6.63. The van der Waals surface area contributed by atoms with Crippen LogP contribution in [0, 0.1) is 0 Å². The van der Waals surface area contributed by atoms with Gasteiger partial charge in [-0.25, -0.2) is 4.79 Å². The van der Waals surface area contributed by atoms with E-state index in [1.54, 1.807) is 13.8 Å². The van der Waals surface area contributed by atoms with Gasteiger partial charge in [0.2, 0.25) is 6.79 Å². The first-order valence-electron chi connectivity index (χ1n) is 5.82. The molecule has 9 heteroatoms. The van der Waals surface area contributed by atoms with E-state index >= 15 is 0 Å². The normalized spacial score (nSPS) is 26.4. The summed E-state index contributed by atoms with van der Waals surface area (Å²) in [5, 5.41) is -0.450. The van der Waals surface area contributed by atoms with Crippen molar-refractivity contribution in [2.75, 3.05) is 6.79 Å². The minimum Gasteiger partial charge on any atom is -0.428 e. The van der Waals surface area contributed by atoms with Crippen molar-refractivity contribution >= 4 is 35.3 Å². The Morgan fingerprint density at radius 2 is 2.10 bits per heavy atom. The number of fused-ring (bicyclic) bond motifs is 1. The van der Waals surface area contributed by atoms with Crippen molar-refractivity contribution in [3.63, 3.8) is 0 Å². The topological polar surface area (TPSA) is 109 Å². The van der Waals surface area contributed by atoms with Gasteiger partial charge in [-0.1, -0.05) is 0 Å². The lowest BCUT2D eigenvalue weighted by atomic mass is 9.97. The van der Waals surface area contributed by atoms with Gasteiger partial charge in [0.25, 0.3) is 0 Å². The molecule has 0 radical (unpaired) electrons. The van der Waals surface area contributed by atoms with E-state index < -0.39 is 40.8 Å². The molecule has 108 valence electrons. The van der Waals surface area contributed by atoms with E-state index in [1.165, 1.54) is 23.6 Å². The van der Waals surface area contributed by atoms with Gasteiger partial charge in [0.15, 0.2) is 5.37 Å². The Balaban J connectivity index is 2.10. The van der Waals surface area contributed by atoms with E-state index in [0.717, 1.165) is 0 Å². The molecule has 0 saturated carbocycles. The Morgan fingerprint density at radius 1 is 1.45 bits per heavy atom. The van der Waals surface area contributed by atoms with Crippen LogP contribution in [0.4, 0.5) is 0 Å². The fraction of sp³-hybridized carbons (Fsp3) is 0.636. The fourth-order valence-corrected chi connectivity index (χ4v) is 3.71. The number of nitrogens with zero attached hydrogens (tertiary/aromatic N) is 3. The molecule has 1 amide bonds. The highest BCUT2D eigenvalue weighted by atomic mass is 32.2. The van der Waals surface area contributed by atoms with Crippen LogP contribution in [-0.4, -0.2) is 56.2 Å². The predicted molar refractivity (Wildman–Crippen MR) is 67.4 cm³/mol. The van der Waals surface area contributed by atoms with Crippen LogP contribution in [0.15, 0.2) is 0 Å². The van der Waals surface area contributed by atoms with Crippen molar-refractivity contribution in [2.24, 2.45) is 0 Å². The number of thioether (sulfide) groups is 1. The van der Waals surface area contributed by atoms with Crippen molar-refractivity contribution < 1.29 is 28.6 Å². The number of hydrogen-bond donors (Lipinski definition) is 0. The van der Waals surface area contributed by atoms with Gasteiger partial charge in [-0.05, 0) is 13.8 Å². The average Bonchev–Trinajstić information content (AvgIpc) is 2.58. The maximum Gasteiger partial charge on any atom is 0.388 e. The van der Waals surface area contributed by atoms with Crippen LogP contribution < -0.4 is 0 Å². The van der Waals surface area contributed by atoms with Gasteiger partial charge >= 0.3 is 23.6 Å². The van der Waals surface area contributed by atoms with Crippen LogP contribution in [0.5, 0.6) is 0 Å². The van der Waals surface area contributed by atoms with E-state index in [-0.39, 0.29) is 5.71 Å². The molecule has 0 N–H and O–H groups in total. The molecule has 2 aliphatic heterocycles. The lowest BCUT2D eigenvalue weighted by molar-refractivity contribution is -0.172. The second kappa shape index (κ2) is 4.92. The van der Waals surface area contributed by atoms with Gasteiger partial charge in [-0.3, -0.25) is 14.5 Å². The Bertz CT molecular complexity index is 540. The van der Waals surface area contributed by atoms with Crippen LogP contribution in [0.1, 0.15) is 20.8 Å². The van der Waals surface area contributed by atoms with Crippen molar-refractivity contribution in [1.29, 1.82) is 0 Å². The van der Waals surface area contributed by atoms with Gasteiger partial charge in [0.05, 0.1) is 0 Å². The predicted octanol–water partition coefficient (Wildman–Crippen LogP) is -0.217. The summed E-state index contributed by atoms with van der Waals surface area (Å²) in [6, 6.07) is -0.814. The van der Waals surface area contributed by atoms with Crippen LogP contribution in [0.25, 0.3) is 5.53 Å². The van der Waals surface area contributed by atoms with Gasteiger partial charge in [-0.2, -0.15) is 4.79 Å². The highest BCUT2D eigenvalue weighted by Crippen LogP contribution is 2.49. The summed E-state index contributed by atoms with van der Waals surface area (Å²) < 4.78 is 8.79. The summed E-state index contributed by atoms with van der Waals surface area (Å²) in [6.45, 7) is 4.28. The molecule has 2 rings (SSSR count). The second-order valence-electron chi connectivity index (χ2n) is 4.89. The highest BCUT2D eigenvalue weighted by molar-refractivity contribution is 8.02. The van der Waals surface area contributed by atoms with Gasteiger partial charge in [0.1, 0.15) is 6.04 Å². The summed E-state index contributed by atoms with van der Waals surface area (Å²) in [4.78, 5) is 38.7. The minimum atomic E-state index is -0.814. The van der Waals surface area contributed by atoms with Gasteiger partial charge in [0, 0.05) is 11.7 Å². The van der Waals surface area contributed by atoms with E-state index in [2.05, 4.69) is 9.53 Å². The largest absolute Gasteiger partial charge is 0.428 e. The van der Waals surface area contributed by atoms with Crippen LogP contribution in [0.3, 0.4) is 0 Å². The summed E-state index contributed by atoms with van der Waals surface area (Å²) >= 11 is 1.34. The lowest BCUT2D eigenvalue weighted by Gasteiger charge is -2.33. The zero-order chi connectivity index (χ0) is 15.1. The van der Waals surface area contributed by atoms with E-state index in [0.29, 0.717) is 0 Å². The van der Waals surface area contributed by atoms with E-state index in [4.69, 9.17) is 10.3 Å². The molecular formula is C11H13N3O5S. The molecule has 2 fully saturated rings. The number of rotatable bonds is 3. The van der Waals surface area contributed by atoms with Gasteiger partial charge in [-0.15, -0.1) is 11.8 Å². The summed E-state index contributed by atoms with van der Waals surface area (Å²) in [5.74, 6) is -1.72. The van der Waals surface area contributed by atoms with Crippen molar-refractivity contribution in [2.45, 2.75) is 36.9 Å². The average molecular weight is 299 g/mol. The maximum absolute atomic E-state index is 12.0. The molecule has 20 heavy (non-hydrogen) atoms. The molecule has 2 heterocycles. The molecule has 0 spiro atoms. The quantitative estimate of drug-likeness (QED) is 0.234. The molecule has 2 aliphatic rings. The Morgan fingerprint density at radius 3 is 2.65 bits per heavy atom. The number of β-lactam (4-membered cyclic amide) rings is 1. The Kier molecular flexibility index (Phi) is 3.58. The fourth-order valence-electron chi connectivity index (χ4n) is 2.20. The molecule has 2 saturated heterocycles. The van der Waals surface area contributed by atoms with Crippen LogP contribution >= 0.6 is 11.8 Å². The molecule has 2 atom stereocenters. The third-order valence-corrected chi connectivity index (χ3v) is 4.59. The molecule has 8 nitrogen and oxygen atoms in total. The smallest absolute Gasteiger partial charge is 0.388 e. The maximum atomic E-state index is 12.0. The van der Waals surface area contributed by atoms with Crippen LogP contribution in [-0.2, 0) is 23.9 Å². The molecule has 0 bridgehead atoms. The first-order valence-corrected chi connectivity index (χ1v) is 6.70. The number of carbonyl (C=O) groups is 3. The van der Waals surface area contributed by atoms with Crippen LogP contribution in [0.2, 0.25) is 0 Å². The monoisotopic (exact) mass is 299 g/mol. The molecule has 0 aliphatic carbocycles. The first kappa shape index (κ1) is 14.5. The van der Waals surface area contributed by atoms with Crippen molar-refractivity contribution in [1.82, 2.24) is 4.90 Å².